The van der Waals surface area contributed by atoms with Gasteiger partial charge >= 0.3 is 5.97 Å². The molecule has 2 nitrogen and oxygen atoms in total. The van der Waals surface area contributed by atoms with Gasteiger partial charge in [-0.05, 0) is 12.1 Å². The molecule has 0 amide bonds. The van der Waals surface area contributed by atoms with E-state index in [0.717, 1.165) is 0 Å². The van der Waals surface area contributed by atoms with Crippen molar-refractivity contribution in [3.05, 3.63) is 34.1 Å². The van der Waals surface area contributed by atoms with E-state index >= 15 is 0 Å². The Labute approximate surface area is 109 Å². The highest BCUT2D eigenvalue weighted by Crippen LogP contribution is 2.65. The van der Waals surface area contributed by atoms with E-state index in [1.165, 1.54) is 12.1 Å². The van der Waals surface area contributed by atoms with Crippen LogP contribution in [-0.4, -0.2) is 15.4 Å². The molecule has 1 aromatic carbocycles. The van der Waals surface area contributed by atoms with Crippen LogP contribution in [0, 0.1) is 5.82 Å². The third kappa shape index (κ3) is 1.55. The fourth-order valence-corrected chi connectivity index (χ4v) is 2.86. The molecule has 6 heteroatoms. The minimum Gasteiger partial charge on any atom is -0.480 e. The monoisotopic (exact) mass is 326 g/mol. The second-order valence-corrected chi connectivity index (χ2v) is 6.12. The molecular formula is C10H6BrCl2FO2. The molecule has 0 aliphatic heterocycles. The predicted octanol–water partition coefficient (Wildman–Crippen LogP) is 3.49. The van der Waals surface area contributed by atoms with Crippen molar-refractivity contribution in [3.63, 3.8) is 0 Å². The molecule has 1 aromatic rings. The van der Waals surface area contributed by atoms with E-state index in [2.05, 4.69) is 15.9 Å². The first-order valence-corrected chi connectivity index (χ1v) is 5.93. The van der Waals surface area contributed by atoms with Gasteiger partial charge in [0.1, 0.15) is 15.6 Å². The SMILES string of the molecule is O=C(O)C1(c2ccc(Br)cc2F)CC1(Cl)Cl. The molecule has 2 rings (SSSR count). The molecule has 1 atom stereocenters. The molecule has 0 bridgehead atoms. The molecule has 1 aliphatic carbocycles. The second kappa shape index (κ2) is 3.59. The topological polar surface area (TPSA) is 37.3 Å². The fourth-order valence-electron chi connectivity index (χ4n) is 1.76. The summed E-state index contributed by atoms with van der Waals surface area (Å²) in [5, 5.41) is 9.14. The van der Waals surface area contributed by atoms with Crippen molar-refractivity contribution in [1.29, 1.82) is 0 Å². The summed E-state index contributed by atoms with van der Waals surface area (Å²) in [6, 6.07) is 4.15. The van der Waals surface area contributed by atoms with Crippen LogP contribution in [0.2, 0.25) is 0 Å². The van der Waals surface area contributed by atoms with Crippen molar-refractivity contribution in [2.75, 3.05) is 0 Å². The smallest absolute Gasteiger partial charge is 0.317 e. The van der Waals surface area contributed by atoms with Gasteiger partial charge in [0.05, 0.1) is 0 Å². The van der Waals surface area contributed by atoms with Crippen molar-refractivity contribution in [1.82, 2.24) is 0 Å². The number of rotatable bonds is 2. The number of carboxylic acid groups (broad SMARTS) is 1. The summed E-state index contributed by atoms with van der Waals surface area (Å²) in [4.78, 5) is 11.2. The number of aliphatic carboxylic acids is 1. The zero-order chi connectivity index (χ0) is 12.1. The Hall–Kier alpha value is -0.320. The van der Waals surface area contributed by atoms with Gasteiger partial charge in [-0.15, -0.1) is 0 Å². The lowest BCUT2D eigenvalue weighted by molar-refractivity contribution is -0.140. The van der Waals surface area contributed by atoms with E-state index in [-0.39, 0.29) is 12.0 Å². The minimum atomic E-state index is -1.53. The molecule has 1 N–H and O–H groups in total. The molecule has 1 unspecified atom stereocenters. The second-order valence-electron chi connectivity index (χ2n) is 3.72. The van der Waals surface area contributed by atoms with E-state index in [0.29, 0.717) is 4.47 Å². The van der Waals surface area contributed by atoms with E-state index in [4.69, 9.17) is 28.3 Å². The first-order valence-electron chi connectivity index (χ1n) is 4.38. The van der Waals surface area contributed by atoms with Gasteiger partial charge < -0.3 is 5.11 Å². The lowest BCUT2D eigenvalue weighted by Gasteiger charge is -2.14. The van der Waals surface area contributed by atoms with Crippen LogP contribution >= 0.6 is 39.1 Å². The van der Waals surface area contributed by atoms with Crippen LogP contribution in [0.3, 0.4) is 0 Å². The summed E-state index contributed by atoms with van der Waals surface area (Å²) in [6.45, 7) is 0. The Morgan fingerprint density at radius 2 is 2.06 bits per heavy atom. The third-order valence-electron chi connectivity index (χ3n) is 2.74. The summed E-state index contributed by atoms with van der Waals surface area (Å²) < 4.78 is 12.8. The maximum Gasteiger partial charge on any atom is 0.317 e. The fraction of sp³-hybridized carbons (Fsp3) is 0.300. The van der Waals surface area contributed by atoms with Crippen molar-refractivity contribution < 1.29 is 14.3 Å². The molecular weight excluding hydrogens is 322 g/mol. The molecule has 1 saturated carbocycles. The van der Waals surface area contributed by atoms with E-state index < -0.39 is 21.5 Å². The van der Waals surface area contributed by atoms with Gasteiger partial charge in [-0.1, -0.05) is 45.2 Å². The lowest BCUT2D eigenvalue weighted by Crippen LogP contribution is -2.27. The van der Waals surface area contributed by atoms with Crippen LogP contribution in [0.4, 0.5) is 4.39 Å². The normalized spacial score (nSPS) is 26.5. The van der Waals surface area contributed by atoms with Gasteiger partial charge in [-0.2, -0.15) is 0 Å². The minimum absolute atomic E-state index is 0.0109. The van der Waals surface area contributed by atoms with E-state index in [1.807, 2.05) is 0 Å². The average Bonchev–Trinajstić information content (AvgIpc) is 2.70. The largest absolute Gasteiger partial charge is 0.480 e. The van der Waals surface area contributed by atoms with Crippen LogP contribution in [0.1, 0.15) is 12.0 Å². The molecule has 16 heavy (non-hydrogen) atoms. The van der Waals surface area contributed by atoms with Crippen LogP contribution in [0.15, 0.2) is 22.7 Å². The Morgan fingerprint density at radius 1 is 1.50 bits per heavy atom. The zero-order valence-electron chi connectivity index (χ0n) is 7.81. The molecule has 0 spiro atoms. The average molecular weight is 328 g/mol. The van der Waals surface area contributed by atoms with Crippen LogP contribution in [0.5, 0.6) is 0 Å². The first-order chi connectivity index (χ1) is 7.31. The Balaban J connectivity index is 2.56. The van der Waals surface area contributed by atoms with Crippen molar-refractivity contribution in [3.8, 4) is 0 Å². The van der Waals surface area contributed by atoms with Gasteiger partial charge in [0.25, 0.3) is 0 Å². The summed E-state index contributed by atoms with van der Waals surface area (Å²) in [5.74, 6) is -1.83. The highest BCUT2D eigenvalue weighted by molar-refractivity contribution is 9.10. The number of benzene rings is 1. The van der Waals surface area contributed by atoms with Crippen LogP contribution < -0.4 is 0 Å². The van der Waals surface area contributed by atoms with Gasteiger partial charge in [0.2, 0.25) is 0 Å². The van der Waals surface area contributed by atoms with Gasteiger partial charge in [0.15, 0.2) is 0 Å². The Bertz CT molecular complexity index is 478. The summed E-state index contributed by atoms with van der Waals surface area (Å²) in [7, 11) is 0. The quantitative estimate of drug-likeness (QED) is 0.844. The summed E-state index contributed by atoms with van der Waals surface area (Å²) >= 11 is 14.7. The van der Waals surface area contributed by atoms with Crippen LogP contribution in [-0.2, 0) is 10.2 Å². The Kier molecular flexibility index (Phi) is 2.72. The molecule has 0 aromatic heterocycles. The summed E-state index contributed by atoms with van der Waals surface area (Å²) in [5.41, 5.74) is -1.51. The number of hydrogen-bond donors (Lipinski definition) is 1. The highest BCUT2D eigenvalue weighted by Gasteiger charge is 2.73. The first kappa shape index (κ1) is 12.1. The number of halogens is 4. The predicted molar refractivity (Wildman–Crippen MR) is 62.5 cm³/mol. The lowest BCUT2D eigenvalue weighted by atomic mass is 9.95. The molecule has 1 aliphatic rings. The van der Waals surface area contributed by atoms with E-state index in [9.17, 15) is 9.18 Å². The maximum atomic E-state index is 13.7. The molecule has 0 heterocycles. The maximum absolute atomic E-state index is 13.7. The van der Waals surface area contributed by atoms with Crippen molar-refractivity contribution >= 4 is 45.1 Å². The molecule has 86 valence electrons. The highest BCUT2D eigenvalue weighted by atomic mass is 79.9. The van der Waals surface area contributed by atoms with Crippen molar-refractivity contribution in [2.45, 2.75) is 16.2 Å². The number of carbonyl (C=O) groups is 1. The molecule has 0 radical (unpaired) electrons. The number of alkyl halides is 2. The van der Waals surface area contributed by atoms with Crippen molar-refractivity contribution in [2.24, 2.45) is 0 Å². The molecule has 0 saturated heterocycles. The van der Waals surface area contributed by atoms with Gasteiger partial charge in [0, 0.05) is 16.5 Å². The van der Waals surface area contributed by atoms with Crippen LogP contribution in [0.25, 0.3) is 0 Å². The Morgan fingerprint density at radius 3 is 2.44 bits per heavy atom. The standard InChI is InChI=1S/C10H6BrCl2FO2/c11-5-1-2-6(7(14)3-5)9(8(15)16)4-10(9,12)13/h1-3H,4H2,(H,15,16). The third-order valence-corrected chi connectivity index (χ3v) is 4.15. The van der Waals surface area contributed by atoms with E-state index in [1.54, 1.807) is 6.07 Å². The number of carboxylic acids is 1. The molecule has 1 fully saturated rings. The number of hydrogen-bond acceptors (Lipinski definition) is 1. The van der Waals surface area contributed by atoms with Gasteiger partial charge in [-0.3, -0.25) is 4.79 Å². The summed E-state index contributed by atoms with van der Waals surface area (Å²) in [6.07, 6.45) is 0.0109. The van der Waals surface area contributed by atoms with Gasteiger partial charge in [-0.25, -0.2) is 4.39 Å². The zero-order valence-corrected chi connectivity index (χ0v) is 10.9.